The lowest BCUT2D eigenvalue weighted by molar-refractivity contribution is 0.307. The summed E-state index contributed by atoms with van der Waals surface area (Å²) in [7, 11) is 0. The van der Waals surface area contributed by atoms with Gasteiger partial charge in [-0.25, -0.2) is 0 Å². The first-order chi connectivity index (χ1) is 12.2. The molecule has 0 atom stereocenters. The molecule has 0 N–H and O–H groups in total. The van der Waals surface area contributed by atoms with Crippen molar-refractivity contribution in [1.29, 1.82) is 0 Å². The number of aryl methyl sites for hydroxylation is 2. The maximum absolute atomic E-state index is 6.00. The molecule has 1 aliphatic heterocycles. The summed E-state index contributed by atoms with van der Waals surface area (Å²) in [5.41, 5.74) is 7.30. The van der Waals surface area contributed by atoms with Gasteiger partial charge in [0.15, 0.2) is 6.73 Å². The van der Waals surface area contributed by atoms with Crippen LogP contribution < -0.4 is 4.90 Å². The van der Waals surface area contributed by atoms with Crippen molar-refractivity contribution in [2.45, 2.75) is 13.8 Å². The molecule has 0 saturated carbocycles. The van der Waals surface area contributed by atoms with Gasteiger partial charge in [-0.05, 0) is 48.2 Å². The Balaban J connectivity index is 1.70. The van der Waals surface area contributed by atoms with Gasteiger partial charge in [0, 0.05) is 11.3 Å². The number of hydrogen-bond acceptors (Lipinski definition) is 2. The molecular formula is C23H21NO. The van der Waals surface area contributed by atoms with Crippen LogP contribution in [0.3, 0.4) is 0 Å². The van der Waals surface area contributed by atoms with Crippen LogP contribution >= 0.6 is 0 Å². The molecule has 3 aromatic carbocycles. The van der Waals surface area contributed by atoms with Gasteiger partial charge in [0.1, 0.15) is 5.76 Å². The van der Waals surface area contributed by atoms with Crippen LogP contribution in [0.5, 0.6) is 0 Å². The van der Waals surface area contributed by atoms with E-state index in [1.165, 1.54) is 27.8 Å². The van der Waals surface area contributed by atoms with Gasteiger partial charge in [0.2, 0.25) is 0 Å². The van der Waals surface area contributed by atoms with E-state index in [1.54, 1.807) is 0 Å². The third kappa shape index (κ3) is 3.03. The summed E-state index contributed by atoms with van der Waals surface area (Å²) < 4.78 is 6.00. The van der Waals surface area contributed by atoms with Crippen LogP contribution in [-0.2, 0) is 4.74 Å². The van der Waals surface area contributed by atoms with E-state index in [-0.39, 0.29) is 0 Å². The smallest absolute Gasteiger partial charge is 0.165 e. The highest BCUT2D eigenvalue weighted by Crippen LogP contribution is 2.33. The van der Waals surface area contributed by atoms with Crippen LogP contribution in [0.25, 0.3) is 16.9 Å². The maximum Gasteiger partial charge on any atom is 0.165 e. The normalized spacial score (nSPS) is 13.5. The zero-order valence-corrected chi connectivity index (χ0v) is 14.6. The first-order valence-corrected chi connectivity index (χ1v) is 8.56. The maximum atomic E-state index is 6.00. The second-order valence-corrected chi connectivity index (χ2v) is 6.42. The summed E-state index contributed by atoms with van der Waals surface area (Å²) in [5.74, 6) is 0.943. The molecule has 0 spiro atoms. The fourth-order valence-electron chi connectivity index (χ4n) is 3.41. The standard InChI is InChI=1S/C23H21NO/c1-17-13-20(19-9-5-3-6-10-19)14-18(2)23(17)22-15-24(16-25-22)21-11-7-4-8-12-21/h3-15H,16H2,1-2H3. The number of ether oxygens (including phenoxy) is 1. The highest BCUT2D eigenvalue weighted by molar-refractivity contribution is 5.75. The SMILES string of the molecule is Cc1cc(-c2ccccc2)cc(C)c1C1=CN(c2ccccc2)CO1. The van der Waals surface area contributed by atoms with Gasteiger partial charge in [0.25, 0.3) is 0 Å². The third-order valence-electron chi connectivity index (χ3n) is 4.61. The van der Waals surface area contributed by atoms with Gasteiger partial charge in [0.05, 0.1) is 6.20 Å². The number of benzene rings is 3. The second kappa shape index (κ2) is 6.48. The lowest BCUT2D eigenvalue weighted by Gasteiger charge is -2.13. The van der Waals surface area contributed by atoms with Crippen LogP contribution in [0.1, 0.15) is 16.7 Å². The van der Waals surface area contributed by atoms with Crippen molar-refractivity contribution >= 4 is 11.4 Å². The van der Waals surface area contributed by atoms with Crippen LogP contribution in [0, 0.1) is 13.8 Å². The molecule has 124 valence electrons. The summed E-state index contributed by atoms with van der Waals surface area (Å²) in [6, 6.07) is 25.3. The lowest BCUT2D eigenvalue weighted by atomic mass is 9.95. The Morgan fingerprint density at radius 2 is 1.36 bits per heavy atom. The van der Waals surface area contributed by atoms with E-state index in [0.29, 0.717) is 6.73 Å². The van der Waals surface area contributed by atoms with Crippen molar-refractivity contribution in [3.63, 3.8) is 0 Å². The summed E-state index contributed by atoms with van der Waals surface area (Å²) >= 11 is 0. The van der Waals surface area contributed by atoms with E-state index in [0.717, 1.165) is 11.4 Å². The number of para-hydroxylation sites is 1. The Morgan fingerprint density at radius 1 is 0.760 bits per heavy atom. The minimum Gasteiger partial charge on any atom is -0.471 e. The molecule has 0 bridgehead atoms. The third-order valence-corrected chi connectivity index (χ3v) is 4.61. The average Bonchev–Trinajstić information content (AvgIpc) is 3.12. The molecule has 1 heterocycles. The van der Waals surface area contributed by atoms with Gasteiger partial charge in [-0.1, -0.05) is 60.7 Å². The quantitative estimate of drug-likeness (QED) is 0.606. The molecular weight excluding hydrogens is 306 g/mol. The van der Waals surface area contributed by atoms with Crippen molar-refractivity contribution in [1.82, 2.24) is 0 Å². The average molecular weight is 327 g/mol. The first-order valence-electron chi connectivity index (χ1n) is 8.56. The van der Waals surface area contributed by atoms with E-state index in [1.807, 2.05) is 24.3 Å². The molecule has 0 aliphatic carbocycles. The minimum absolute atomic E-state index is 0.554. The first kappa shape index (κ1) is 15.5. The van der Waals surface area contributed by atoms with E-state index >= 15 is 0 Å². The molecule has 0 saturated heterocycles. The zero-order chi connectivity index (χ0) is 17.2. The molecule has 2 nitrogen and oxygen atoms in total. The summed E-state index contributed by atoms with van der Waals surface area (Å²) in [4.78, 5) is 2.14. The molecule has 0 fully saturated rings. The second-order valence-electron chi connectivity index (χ2n) is 6.42. The van der Waals surface area contributed by atoms with Crippen molar-refractivity contribution in [2.75, 3.05) is 11.6 Å². The van der Waals surface area contributed by atoms with Crippen LogP contribution in [0.4, 0.5) is 5.69 Å². The minimum atomic E-state index is 0.554. The van der Waals surface area contributed by atoms with Crippen LogP contribution in [0.2, 0.25) is 0 Å². The molecule has 2 heteroatoms. The number of anilines is 1. The molecule has 0 unspecified atom stereocenters. The Bertz CT molecular complexity index is 890. The van der Waals surface area contributed by atoms with Crippen LogP contribution in [-0.4, -0.2) is 6.73 Å². The van der Waals surface area contributed by atoms with Crippen molar-refractivity contribution in [3.8, 4) is 11.1 Å². The molecule has 3 aromatic rings. The Morgan fingerprint density at radius 3 is 2.00 bits per heavy atom. The van der Waals surface area contributed by atoms with Crippen molar-refractivity contribution in [2.24, 2.45) is 0 Å². The predicted octanol–water partition coefficient (Wildman–Crippen LogP) is 5.76. The Labute approximate surface area is 149 Å². The number of nitrogens with zero attached hydrogens (tertiary/aromatic N) is 1. The molecule has 1 aliphatic rings. The molecule has 0 radical (unpaired) electrons. The monoisotopic (exact) mass is 327 g/mol. The summed E-state index contributed by atoms with van der Waals surface area (Å²) in [6.45, 7) is 4.87. The highest BCUT2D eigenvalue weighted by atomic mass is 16.5. The molecule has 25 heavy (non-hydrogen) atoms. The number of hydrogen-bond donors (Lipinski definition) is 0. The summed E-state index contributed by atoms with van der Waals surface area (Å²) in [6.07, 6.45) is 2.10. The lowest BCUT2D eigenvalue weighted by Crippen LogP contribution is -2.12. The Hall–Kier alpha value is -3.00. The fraction of sp³-hybridized carbons (Fsp3) is 0.130. The summed E-state index contributed by atoms with van der Waals surface area (Å²) in [5, 5.41) is 0. The predicted molar refractivity (Wildman–Crippen MR) is 104 cm³/mol. The largest absolute Gasteiger partial charge is 0.471 e. The van der Waals surface area contributed by atoms with Crippen molar-refractivity contribution < 1.29 is 4.74 Å². The van der Waals surface area contributed by atoms with E-state index in [9.17, 15) is 0 Å². The van der Waals surface area contributed by atoms with Gasteiger partial charge in [-0.15, -0.1) is 0 Å². The van der Waals surface area contributed by atoms with E-state index in [2.05, 4.69) is 73.5 Å². The highest BCUT2D eigenvalue weighted by Gasteiger charge is 2.20. The van der Waals surface area contributed by atoms with Gasteiger partial charge < -0.3 is 9.64 Å². The van der Waals surface area contributed by atoms with E-state index in [4.69, 9.17) is 4.74 Å². The van der Waals surface area contributed by atoms with Crippen molar-refractivity contribution in [3.05, 3.63) is 95.7 Å². The topological polar surface area (TPSA) is 12.5 Å². The molecule has 0 amide bonds. The van der Waals surface area contributed by atoms with Gasteiger partial charge in [-0.2, -0.15) is 0 Å². The fourth-order valence-corrected chi connectivity index (χ4v) is 3.41. The van der Waals surface area contributed by atoms with Gasteiger partial charge in [-0.3, -0.25) is 0 Å². The Kier molecular flexibility index (Phi) is 4.02. The number of rotatable bonds is 3. The zero-order valence-electron chi connectivity index (χ0n) is 14.6. The van der Waals surface area contributed by atoms with Crippen LogP contribution in [0.15, 0.2) is 79.0 Å². The molecule has 0 aromatic heterocycles. The van der Waals surface area contributed by atoms with E-state index < -0.39 is 0 Å². The molecule has 4 rings (SSSR count). The van der Waals surface area contributed by atoms with Gasteiger partial charge >= 0.3 is 0 Å².